The van der Waals surface area contributed by atoms with Crippen molar-refractivity contribution in [3.8, 4) is 11.6 Å². The van der Waals surface area contributed by atoms with E-state index < -0.39 is 5.97 Å². The van der Waals surface area contributed by atoms with Crippen LogP contribution in [0.1, 0.15) is 27.2 Å². The molecule has 0 atom stereocenters. The van der Waals surface area contributed by atoms with E-state index in [1.54, 1.807) is 19.9 Å². The molecule has 2 aromatic rings. The van der Waals surface area contributed by atoms with Crippen LogP contribution in [0.5, 0.6) is 11.6 Å². The topological polar surface area (TPSA) is 72.3 Å². The molecule has 0 aliphatic heterocycles. The number of hydrogen-bond donors (Lipinski definition) is 1. The fourth-order valence-corrected chi connectivity index (χ4v) is 2.22. The average molecular weight is 337 g/mol. The number of aromatic carboxylic acids is 1. The third kappa shape index (κ3) is 2.80. The molecule has 0 radical (unpaired) electrons. The van der Waals surface area contributed by atoms with Crippen LogP contribution in [0.4, 0.5) is 0 Å². The van der Waals surface area contributed by atoms with Crippen LogP contribution in [0, 0.1) is 20.8 Å². The Labute approximate surface area is 124 Å². The number of ether oxygens (including phenoxy) is 1. The van der Waals surface area contributed by atoms with E-state index in [0.717, 1.165) is 10.0 Å². The number of benzene rings is 1. The van der Waals surface area contributed by atoms with Crippen LogP contribution in [0.2, 0.25) is 0 Å². The molecule has 1 heterocycles. The Kier molecular flexibility index (Phi) is 4.04. The molecule has 0 saturated heterocycles. The number of rotatable bonds is 3. The van der Waals surface area contributed by atoms with E-state index in [2.05, 4.69) is 26.1 Å². The highest BCUT2D eigenvalue weighted by molar-refractivity contribution is 9.10. The second-order valence-corrected chi connectivity index (χ2v) is 5.32. The van der Waals surface area contributed by atoms with Crippen LogP contribution in [-0.4, -0.2) is 21.3 Å². The summed E-state index contributed by atoms with van der Waals surface area (Å²) in [7, 11) is 0. The smallest absolute Gasteiger partial charge is 0.341 e. The normalized spacial score (nSPS) is 10.4. The molecule has 0 saturated carbocycles. The van der Waals surface area contributed by atoms with Gasteiger partial charge < -0.3 is 9.84 Å². The van der Waals surface area contributed by atoms with Gasteiger partial charge in [-0.15, -0.1) is 5.10 Å². The van der Waals surface area contributed by atoms with E-state index in [0.29, 0.717) is 17.0 Å². The molecule has 5 nitrogen and oxygen atoms in total. The van der Waals surface area contributed by atoms with Gasteiger partial charge >= 0.3 is 5.97 Å². The molecule has 2 rings (SSSR count). The number of nitrogens with zero attached hydrogens (tertiary/aromatic N) is 2. The van der Waals surface area contributed by atoms with Gasteiger partial charge in [0.15, 0.2) is 0 Å². The lowest BCUT2D eigenvalue weighted by atomic mass is 10.1. The quantitative estimate of drug-likeness (QED) is 0.925. The van der Waals surface area contributed by atoms with Gasteiger partial charge in [0.05, 0.1) is 5.69 Å². The molecule has 20 heavy (non-hydrogen) atoms. The van der Waals surface area contributed by atoms with Crippen LogP contribution in [0.15, 0.2) is 22.7 Å². The number of hydrogen-bond acceptors (Lipinski definition) is 4. The fourth-order valence-electron chi connectivity index (χ4n) is 1.74. The predicted molar refractivity (Wildman–Crippen MR) is 77.4 cm³/mol. The Hall–Kier alpha value is -1.95. The molecule has 0 unspecified atom stereocenters. The second-order valence-electron chi connectivity index (χ2n) is 4.41. The molecule has 0 bridgehead atoms. The third-order valence-corrected chi connectivity index (χ3v) is 3.47. The first kappa shape index (κ1) is 14.5. The van der Waals surface area contributed by atoms with Crippen molar-refractivity contribution >= 4 is 21.9 Å². The summed E-state index contributed by atoms with van der Waals surface area (Å²) in [6.45, 7) is 5.27. The van der Waals surface area contributed by atoms with Crippen molar-refractivity contribution < 1.29 is 14.6 Å². The molecule has 0 aliphatic carbocycles. The lowest BCUT2D eigenvalue weighted by Gasteiger charge is -2.12. The Bertz CT molecular complexity index is 686. The molecule has 1 aromatic heterocycles. The van der Waals surface area contributed by atoms with Gasteiger partial charge in [-0.05, 0) is 50.1 Å². The van der Waals surface area contributed by atoms with E-state index in [-0.39, 0.29) is 11.4 Å². The lowest BCUT2D eigenvalue weighted by Crippen LogP contribution is -2.08. The van der Waals surface area contributed by atoms with Crippen molar-refractivity contribution in [1.82, 2.24) is 10.2 Å². The summed E-state index contributed by atoms with van der Waals surface area (Å²) in [5, 5.41) is 17.1. The van der Waals surface area contributed by atoms with Crippen molar-refractivity contribution in [3.63, 3.8) is 0 Å². The summed E-state index contributed by atoms with van der Waals surface area (Å²) < 4.78 is 6.54. The summed E-state index contributed by atoms with van der Waals surface area (Å²) in [6.07, 6.45) is 0. The Morgan fingerprint density at radius 3 is 2.55 bits per heavy atom. The van der Waals surface area contributed by atoms with Crippen LogP contribution >= 0.6 is 15.9 Å². The first-order valence-corrected chi connectivity index (χ1v) is 6.70. The maximum Gasteiger partial charge on any atom is 0.341 e. The van der Waals surface area contributed by atoms with Gasteiger partial charge in [0.2, 0.25) is 0 Å². The van der Waals surface area contributed by atoms with Crippen LogP contribution < -0.4 is 4.74 Å². The Balaban J connectivity index is 2.48. The van der Waals surface area contributed by atoms with Gasteiger partial charge in [0, 0.05) is 4.47 Å². The maximum absolute atomic E-state index is 11.4. The van der Waals surface area contributed by atoms with E-state index in [9.17, 15) is 9.90 Å². The van der Waals surface area contributed by atoms with E-state index in [4.69, 9.17) is 4.74 Å². The van der Waals surface area contributed by atoms with E-state index in [1.165, 1.54) is 0 Å². The van der Waals surface area contributed by atoms with Gasteiger partial charge in [0.25, 0.3) is 5.88 Å². The molecule has 1 N–H and O–H groups in total. The van der Waals surface area contributed by atoms with Gasteiger partial charge in [-0.3, -0.25) is 0 Å². The van der Waals surface area contributed by atoms with Crippen LogP contribution in [-0.2, 0) is 0 Å². The highest BCUT2D eigenvalue weighted by atomic mass is 79.9. The maximum atomic E-state index is 11.4. The van der Waals surface area contributed by atoms with Crippen molar-refractivity contribution in [2.75, 3.05) is 0 Å². The standard InChI is InChI=1S/C14H13BrN2O3/c1-7-6-10(15)4-5-11(7)20-13-12(14(18)19)8(2)9(3)16-17-13/h4-6H,1-3H3,(H,18,19). The van der Waals surface area contributed by atoms with Crippen LogP contribution in [0.25, 0.3) is 0 Å². The predicted octanol–water partition coefficient (Wildman–Crippen LogP) is 3.65. The summed E-state index contributed by atoms with van der Waals surface area (Å²) in [5.74, 6) is -0.524. The van der Waals surface area contributed by atoms with Crippen molar-refractivity contribution in [1.29, 1.82) is 0 Å². The molecule has 0 fully saturated rings. The Morgan fingerprint density at radius 2 is 1.95 bits per heavy atom. The first-order chi connectivity index (χ1) is 9.40. The molecule has 1 aromatic carbocycles. The number of carboxylic acids is 1. The van der Waals surface area contributed by atoms with E-state index >= 15 is 0 Å². The molecule has 104 valence electrons. The molecule has 0 aliphatic rings. The minimum atomic E-state index is -1.08. The zero-order valence-electron chi connectivity index (χ0n) is 11.3. The summed E-state index contributed by atoms with van der Waals surface area (Å²) >= 11 is 3.36. The number of carbonyl (C=O) groups is 1. The second kappa shape index (κ2) is 5.58. The number of carboxylic acid groups (broad SMARTS) is 1. The third-order valence-electron chi connectivity index (χ3n) is 2.98. The molecule has 0 amide bonds. The highest BCUT2D eigenvalue weighted by Crippen LogP contribution is 2.29. The van der Waals surface area contributed by atoms with E-state index in [1.807, 2.05) is 19.1 Å². The minimum absolute atomic E-state index is 0.00558. The van der Waals surface area contributed by atoms with Crippen molar-refractivity contribution in [2.45, 2.75) is 20.8 Å². The molecular formula is C14H13BrN2O3. The first-order valence-electron chi connectivity index (χ1n) is 5.91. The summed E-state index contributed by atoms with van der Waals surface area (Å²) in [4.78, 5) is 11.4. The summed E-state index contributed by atoms with van der Waals surface area (Å²) in [5.41, 5.74) is 2.04. The number of aryl methyl sites for hydroxylation is 2. The zero-order chi connectivity index (χ0) is 14.9. The SMILES string of the molecule is Cc1cc(Br)ccc1Oc1nnc(C)c(C)c1C(=O)O. The fraction of sp³-hybridized carbons (Fsp3) is 0.214. The molecule has 6 heteroatoms. The monoisotopic (exact) mass is 336 g/mol. The van der Waals surface area contributed by atoms with Crippen molar-refractivity contribution in [3.05, 3.63) is 45.1 Å². The van der Waals surface area contributed by atoms with Crippen LogP contribution in [0.3, 0.4) is 0 Å². The minimum Gasteiger partial charge on any atom is -0.477 e. The number of halogens is 1. The number of aromatic nitrogens is 2. The largest absolute Gasteiger partial charge is 0.477 e. The summed E-state index contributed by atoms with van der Waals surface area (Å²) in [6, 6.07) is 5.45. The zero-order valence-corrected chi connectivity index (χ0v) is 12.9. The van der Waals surface area contributed by atoms with Gasteiger partial charge in [0.1, 0.15) is 11.3 Å². The lowest BCUT2D eigenvalue weighted by molar-refractivity contribution is 0.0692. The van der Waals surface area contributed by atoms with Crippen molar-refractivity contribution in [2.24, 2.45) is 0 Å². The average Bonchev–Trinajstić information content (AvgIpc) is 2.36. The van der Waals surface area contributed by atoms with Gasteiger partial charge in [-0.2, -0.15) is 5.10 Å². The molecular weight excluding hydrogens is 324 g/mol. The molecule has 0 spiro atoms. The Morgan fingerprint density at radius 1 is 1.25 bits per heavy atom. The highest BCUT2D eigenvalue weighted by Gasteiger charge is 2.20. The van der Waals surface area contributed by atoms with Gasteiger partial charge in [-0.25, -0.2) is 4.79 Å². The van der Waals surface area contributed by atoms with Gasteiger partial charge in [-0.1, -0.05) is 15.9 Å².